The molecule has 0 saturated carbocycles. The van der Waals surface area contributed by atoms with Crippen LogP contribution in [0.3, 0.4) is 0 Å². The molecule has 2 heterocycles. The van der Waals surface area contributed by atoms with Crippen molar-refractivity contribution in [3.8, 4) is 5.75 Å². The average molecular weight is 374 g/mol. The molecular formula is C18H18N2O3S2. The van der Waals surface area contributed by atoms with Gasteiger partial charge in [-0.1, -0.05) is 0 Å². The Hall–Kier alpha value is -2.12. The number of aryl methyl sites for hydroxylation is 1. The maximum absolute atomic E-state index is 11.4. The van der Waals surface area contributed by atoms with E-state index in [9.17, 15) is 4.79 Å². The maximum atomic E-state index is 11.4. The SMILES string of the molecule is COC(=O)c1ccc(OCCCSc2ncnc3sc(C)cc23)cc1. The first-order chi connectivity index (χ1) is 12.2. The molecule has 3 aromatic rings. The molecule has 0 fully saturated rings. The minimum Gasteiger partial charge on any atom is -0.494 e. The smallest absolute Gasteiger partial charge is 0.337 e. The highest BCUT2D eigenvalue weighted by Gasteiger charge is 2.07. The molecule has 2 aromatic heterocycles. The Morgan fingerprint density at radius 3 is 2.80 bits per heavy atom. The van der Waals surface area contributed by atoms with Gasteiger partial charge >= 0.3 is 5.97 Å². The molecule has 130 valence electrons. The van der Waals surface area contributed by atoms with Gasteiger partial charge in [-0.3, -0.25) is 0 Å². The first-order valence-electron chi connectivity index (χ1n) is 7.82. The molecule has 0 bridgehead atoms. The van der Waals surface area contributed by atoms with Crippen LogP contribution in [0.2, 0.25) is 0 Å². The van der Waals surface area contributed by atoms with Gasteiger partial charge in [0.1, 0.15) is 21.9 Å². The molecule has 0 N–H and O–H groups in total. The van der Waals surface area contributed by atoms with Crippen LogP contribution in [0.4, 0.5) is 0 Å². The highest BCUT2D eigenvalue weighted by molar-refractivity contribution is 7.99. The van der Waals surface area contributed by atoms with Crippen LogP contribution in [0.1, 0.15) is 21.7 Å². The number of fused-ring (bicyclic) bond motifs is 1. The summed E-state index contributed by atoms with van der Waals surface area (Å²) in [6.45, 7) is 2.70. The summed E-state index contributed by atoms with van der Waals surface area (Å²) < 4.78 is 10.4. The maximum Gasteiger partial charge on any atom is 0.337 e. The molecular weight excluding hydrogens is 356 g/mol. The minimum atomic E-state index is -0.345. The van der Waals surface area contributed by atoms with Gasteiger partial charge in [0.15, 0.2) is 0 Å². The molecule has 0 spiro atoms. The number of carbonyl (C=O) groups is 1. The molecule has 0 amide bonds. The number of thioether (sulfide) groups is 1. The van der Waals surface area contributed by atoms with Crippen molar-refractivity contribution in [2.24, 2.45) is 0 Å². The normalized spacial score (nSPS) is 10.8. The van der Waals surface area contributed by atoms with E-state index in [1.165, 1.54) is 12.0 Å². The first-order valence-corrected chi connectivity index (χ1v) is 9.62. The minimum absolute atomic E-state index is 0.345. The fraction of sp³-hybridized carbons (Fsp3) is 0.278. The number of methoxy groups -OCH3 is 1. The van der Waals surface area contributed by atoms with E-state index in [1.807, 2.05) is 0 Å². The average Bonchev–Trinajstić information content (AvgIpc) is 3.02. The van der Waals surface area contributed by atoms with Crippen molar-refractivity contribution in [1.82, 2.24) is 9.97 Å². The zero-order valence-corrected chi connectivity index (χ0v) is 15.7. The van der Waals surface area contributed by atoms with Crippen molar-refractivity contribution in [2.45, 2.75) is 18.4 Å². The number of ether oxygens (including phenoxy) is 2. The predicted octanol–water partition coefficient (Wildman–Crippen LogP) is 4.35. The van der Waals surface area contributed by atoms with E-state index in [1.54, 1.807) is 53.7 Å². The van der Waals surface area contributed by atoms with Crippen LogP contribution in [-0.2, 0) is 4.74 Å². The van der Waals surface area contributed by atoms with Crippen LogP contribution >= 0.6 is 23.1 Å². The molecule has 7 heteroatoms. The highest BCUT2D eigenvalue weighted by Crippen LogP contribution is 2.30. The van der Waals surface area contributed by atoms with Gasteiger partial charge in [-0.05, 0) is 43.7 Å². The van der Waals surface area contributed by atoms with Gasteiger partial charge in [-0.15, -0.1) is 23.1 Å². The van der Waals surface area contributed by atoms with Gasteiger partial charge < -0.3 is 9.47 Å². The fourth-order valence-electron chi connectivity index (χ4n) is 2.29. The number of benzene rings is 1. The van der Waals surface area contributed by atoms with Crippen molar-refractivity contribution in [2.75, 3.05) is 19.5 Å². The van der Waals surface area contributed by atoms with Crippen LogP contribution in [0.15, 0.2) is 41.7 Å². The Morgan fingerprint density at radius 1 is 1.24 bits per heavy atom. The second kappa shape index (κ2) is 8.31. The molecule has 5 nitrogen and oxygen atoms in total. The molecule has 0 aliphatic carbocycles. The zero-order chi connectivity index (χ0) is 17.6. The van der Waals surface area contributed by atoms with Gasteiger partial charge in [0.25, 0.3) is 0 Å². The molecule has 3 rings (SSSR count). The number of carbonyl (C=O) groups excluding carboxylic acids is 1. The third-order valence-electron chi connectivity index (χ3n) is 3.49. The molecule has 0 saturated heterocycles. The quantitative estimate of drug-likeness (QED) is 0.265. The van der Waals surface area contributed by atoms with Crippen molar-refractivity contribution in [3.63, 3.8) is 0 Å². The Bertz CT molecular complexity index is 862. The molecule has 0 atom stereocenters. The first kappa shape index (κ1) is 17.7. The topological polar surface area (TPSA) is 61.3 Å². The summed E-state index contributed by atoms with van der Waals surface area (Å²) in [6, 6.07) is 9.10. The zero-order valence-electron chi connectivity index (χ0n) is 14.0. The van der Waals surface area contributed by atoms with Crippen molar-refractivity contribution in [1.29, 1.82) is 0 Å². The van der Waals surface area contributed by atoms with E-state index < -0.39 is 0 Å². The van der Waals surface area contributed by atoms with E-state index >= 15 is 0 Å². The van der Waals surface area contributed by atoms with E-state index in [0.29, 0.717) is 12.2 Å². The van der Waals surface area contributed by atoms with Crippen LogP contribution in [-0.4, -0.2) is 35.4 Å². The predicted molar refractivity (Wildman–Crippen MR) is 101 cm³/mol. The monoisotopic (exact) mass is 374 g/mol. The van der Waals surface area contributed by atoms with Crippen molar-refractivity contribution in [3.05, 3.63) is 47.1 Å². The lowest BCUT2D eigenvalue weighted by Crippen LogP contribution is -2.02. The van der Waals surface area contributed by atoms with Gasteiger partial charge in [-0.2, -0.15) is 0 Å². The number of hydrogen-bond donors (Lipinski definition) is 0. The number of hydrogen-bond acceptors (Lipinski definition) is 7. The van der Waals surface area contributed by atoms with Crippen molar-refractivity contribution < 1.29 is 14.3 Å². The second-order valence-corrected chi connectivity index (χ2v) is 7.64. The van der Waals surface area contributed by atoms with Gasteiger partial charge in [0, 0.05) is 16.0 Å². The Kier molecular flexibility index (Phi) is 5.88. The molecule has 1 aromatic carbocycles. The van der Waals surface area contributed by atoms with Crippen molar-refractivity contribution >= 4 is 39.3 Å². The summed E-state index contributed by atoms with van der Waals surface area (Å²) >= 11 is 3.41. The summed E-state index contributed by atoms with van der Waals surface area (Å²) in [4.78, 5) is 22.4. The largest absolute Gasteiger partial charge is 0.494 e. The lowest BCUT2D eigenvalue weighted by atomic mass is 10.2. The number of nitrogens with zero attached hydrogens (tertiary/aromatic N) is 2. The summed E-state index contributed by atoms with van der Waals surface area (Å²) in [6.07, 6.45) is 2.53. The van der Waals surface area contributed by atoms with Gasteiger partial charge in [0.2, 0.25) is 0 Å². The summed E-state index contributed by atoms with van der Waals surface area (Å²) in [5.74, 6) is 1.32. The van der Waals surface area contributed by atoms with E-state index in [2.05, 4.69) is 27.7 Å². The van der Waals surface area contributed by atoms with E-state index in [4.69, 9.17) is 4.74 Å². The Balaban J connectivity index is 1.46. The third kappa shape index (κ3) is 4.49. The summed E-state index contributed by atoms with van der Waals surface area (Å²) in [7, 11) is 1.37. The highest BCUT2D eigenvalue weighted by atomic mass is 32.2. The molecule has 0 radical (unpaired) electrons. The molecule has 0 aliphatic heterocycles. The van der Waals surface area contributed by atoms with E-state index in [0.717, 1.165) is 33.2 Å². The lowest BCUT2D eigenvalue weighted by Gasteiger charge is -2.07. The summed E-state index contributed by atoms with van der Waals surface area (Å²) in [5, 5.41) is 2.16. The molecule has 0 unspecified atom stereocenters. The van der Waals surface area contributed by atoms with Gasteiger partial charge in [-0.25, -0.2) is 14.8 Å². The van der Waals surface area contributed by atoms with Crippen LogP contribution < -0.4 is 4.74 Å². The number of esters is 1. The number of thiophene rings is 1. The number of aromatic nitrogens is 2. The fourth-order valence-corrected chi connectivity index (χ4v) is 4.09. The Morgan fingerprint density at radius 2 is 2.04 bits per heavy atom. The third-order valence-corrected chi connectivity index (χ3v) is 5.54. The van der Waals surface area contributed by atoms with Crippen LogP contribution in [0.25, 0.3) is 10.2 Å². The molecule has 25 heavy (non-hydrogen) atoms. The van der Waals surface area contributed by atoms with Crippen LogP contribution in [0.5, 0.6) is 5.75 Å². The lowest BCUT2D eigenvalue weighted by molar-refractivity contribution is 0.0600. The van der Waals surface area contributed by atoms with Crippen LogP contribution in [0, 0.1) is 6.92 Å². The standard InChI is InChI=1S/C18H18N2O3S2/c1-12-10-15-16(19-11-20-17(15)25-12)24-9-3-8-23-14-6-4-13(5-7-14)18(21)22-2/h4-7,10-11H,3,8-9H2,1-2H3. The Labute approximate surface area is 154 Å². The molecule has 0 aliphatic rings. The second-order valence-electron chi connectivity index (χ2n) is 5.32. The summed E-state index contributed by atoms with van der Waals surface area (Å²) in [5.41, 5.74) is 0.518. The van der Waals surface area contributed by atoms with Gasteiger partial charge in [0.05, 0.1) is 19.3 Å². The van der Waals surface area contributed by atoms with E-state index in [-0.39, 0.29) is 5.97 Å². The number of rotatable bonds is 7.